The Kier molecular flexibility index (Phi) is 40.2. The minimum Gasteiger partial charge on any atom is -0.297 e. The molecule has 0 aromatic heterocycles. The average Bonchev–Trinajstić information content (AvgIpc) is 3.07. The molecule has 0 amide bonds. The number of hydrogen-bond acceptors (Lipinski definition) is 3. The van der Waals surface area contributed by atoms with E-state index in [4.69, 9.17) is 9.05 Å². The van der Waals surface area contributed by atoms with Crippen LogP contribution in [0.2, 0.25) is 0 Å². The first-order valence-electron chi connectivity index (χ1n) is 21.5. The van der Waals surface area contributed by atoms with Crippen LogP contribution in [0.15, 0.2) is 12.2 Å². The largest absolute Gasteiger partial charge is 0.405 e. The Bertz CT molecular complexity index is 626. The molecule has 0 saturated carbocycles. The van der Waals surface area contributed by atoms with E-state index in [1.54, 1.807) is 0 Å². The van der Waals surface area contributed by atoms with Gasteiger partial charge in [0.2, 0.25) is 0 Å². The normalized spacial score (nSPS) is 12.1. The van der Waals surface area contributed by atoms with Crippen LogP contribution in [-0.4, -0.2) is 19.8 Å². The first-order chi connectivity index (χ1) is 23.2. The van der Waals surface area contributed by atoms with Crippen LogP contribution in [0.1, 0.15) is 239 Å². The third kappa shape index (κ3) is 38.5. The average molecular weight is 684 g/mol. The molecular formula is C42H86NO3P. The molecule has 0 aromatic carbocycles. The van der Waals surface area contributed by atoms with Gasteiger partial charge < -0.3 is 0 Å². The molecule has 0 saturated heterocycles. The highest BCUT2D eigenvalue weighted by molar-refractivity contribution is 7.51. The van der Waals surface area contributed by atoms with Gasteiger partial charge in [-0.2, -0.15) is 0 Å². The van der Waals surface area contributed by atoms with Gasteiger partial charge in [0.05, 0.1) is 13.2 Å². The fraction of sp³-hybridized carbons (Fsp3) is 0.952. The summed E-state index contributed by atoms with van der Waals surface area (Å²) in [5.41, 5.74) is 0. The van der Waals surface area contributed by atoms with Gasteiger partial charge in [-0.3, -0.25) is 9.05 Å². The van der Waals surface area contributed by atoms with Gasteiger partial charge in [-0.15, -0.1) is 0 Å². The van der Waals surface area contributed by atoms with Gasteiger partial charge in [0.25, 0.3) is 0 Å². The number of nitrogens with one attached hydrogen (secondary N) is 1. The maximum atomic E-state index is 13.5. The molecule has 0 fully saturated rings. The second-order valence-electron chi connectivity index (χ2n) is 14.4. The second kappa shape index (κ2) is 40.3. The van der Waals surface area contributed by atoms with Crippen LogP contribution >= 0.6 is 7.75 Å². The van der Waals surface area contributed by atoms with E-state index in [2.05, 4.69) is 38.0 Å². The van der Waals surface area contributed by atoms with Crippen molar-refractivity contribution in [1.29, 1.82) is 0 Å². The molecule has 282 valence electrons. The zero-order valence-electron chi connectivity index (χ0n) is 32.5. The van der Waals surface area contributed by atoms with E-state index in [0.29, 0.717) is 19.8 Å². The number of unbranched alkanes of at least 4 members (excludes halogenated alkanes) is 30. The third-order valence-electron chi connectivity index (χ3n) is 9.51. The van der Waals surface area contributed by atoms with E-state index in [1.807, 2.05) is 0 Å². The standard InChI is InChI=1S/C42H86NO3P/c1-4-7-10-13-16-19-22-23-24-25-26-27-28-31-34-37-40-43-47(44,45-41-38-35-32-29-20-17-14-11-8-5-2)46-42-39-36-33-30-21-18-15-12-9-6-3/h23-24H,4-22,25-42H2,1-3H3,(H,43,44)/b24-23-. The Morgan fingerprint density at radius 1 is 0.383 bits per heavy atom. The van der Waals surface area contributed by atoms with Crippen molar-refractivity contribution in [3.05, 3.63) is 12.2 Å². The van der Waals surface area contributed by atoms with Crippen LogP contribution in [-0.2, 0) is 13.6 Å². The summed E-state index contributed by atoms with van der Waals surface area (Å²) in [6.45, 7) is 8.62. The summed E-state index contributed by atoms with van der Waals surface area (Å²) >= 11 is 0. The SMILES string of the molecule is CCCCCCCC/C=C\CCCCCCCCNP(=O)(OCCCCCCCCCCCC)OCCCCCCCCCCCC. The van der Waals surface area contributed by atoms with E-state index >= 15 is 0 Å². The molecule has 0 radical (unpaired) electrons. The molecule has 0 heterocycles. The molecule has 0 aliphatic carbocycles. The van der Waals surface area contributed by atoms with Gasteiger partial charge in [-0.25, -0.2) is 9.65 Å². The topological polar surface area (TPSA) is 47.6 Å². The number of allylic oxidation sites excluding steroid dienone is 2. The van der Waals surface area contributed by atoms with Gasteiger partial charge in [-0.05, 0) is 44.9 Å². The van der Waals surface area contributed by atoms with Crippen molar-refractivity contribution in [2.75, 3.05) is 19.8 Å². The summed E-state index contributed by atoms with van der Waals surface area (Å²) in [4.78, 5) is 0. The quantitative estimate of drug-likeness (QED) is 0.0396. The molecular weight excluding hydrogens is 597 g/mol. The van der Waals surface area contributed by atoms with Gasteiger partial charge in [0, 0.05) is 6.54 Å². The van der Waals surface area contributed by atoms with Crippen LogP contribution in [0.5, 0.6) is 0 Å². The van der Waals surface area contributed by atoms with Gasteiger partial charge in [0.15, 0.2) is 0 Å². The lowest BCUT2D eigenvalue weighted by atomic mass is 10.1. The maximum absolute atomic E-state index is 13.5. The van der Waals surface area contributed by atoms with Gasteiger partial charge in [-0.1, -0.05) is 206 Å². The summed E-state index contributed by atoms with van der Waals surface area (Å²) in [6, 6.07) is 0. The van der Waals surface area contributed by atoms with Crippen molar-refractivity contribution in [2.45, 2.75) is 239 Å². The fourth-order valence-corrected chi connectivity index (χ4v) is 7.69. The zero-order chi connectivity index (χ0) is 34.2. The van der Waals surface area contributed by atoms with Crippen molar-refractivity contribution in [3.63, 3.8) is 0 Å². The van der Waals surface area contributed by atoms with Crippen molar-refractivity contribution in [3.8, 4) is 0 Å². The minimum atomic E-state index is -3.22. The summed E-state index contributed by atoms with van der Waals surface area (Å²) in [5, 5.41) is 3.22. The second-order valence-corrected chi connectivity index (χ2v) is 16.2. The van der Waals surface area contributed by atoms with E-state index in [9.17, 15) is 4.57 Å². The van der Waals surface area contributed by atoms with E-state index in [-0.39, 0.29) is 0 Å². The minimum absolute atomic E-state index is 0.534. The molecule has 1 N–H and O–H groups in total. The molecule has 5 heteroatoms. The van der Waals surface area contributed by atoms with Crippen molar-refractivity contribution in [2.24, 2.45) is 0 Å². The molecule has 47 heavy (non-hydrogen) atoms. The Labute approximate surface area is 296 Å². The molecule has 0 rings (SSSR count). The van der Waals surface area contributed by atoms with Gasteiger partial charge in [0.1, 0.15) is 0 Å². The third-order valence-corrected chi connectivity index (χ3v) is 11.2. The Hall–Kier alpha value is -0.150. The van der Waals surface area contributed by atoms with Crippen LogP contribution in [0.3, 0.4) is 0 Å². The zero-order valence-corrected chi connectivity index (χ0v) is 33.4. The Morgan fingerprint density at radius 3 is 1.00 bits per heavy atom. The summed E-state index contributed by atoms with van der Waals surface area (Å²) in [7, 11) is -3.22. The smallest absolute Gasteiger partial charge is 0.297 e. The Morgan fingerprint density at radius 2 is 0.660 bits per heavy atom. The van der Waals surface area contributed by atoms with E-state index < -0.39 is 7.75 Å². The highest BCUT2D eigenvalue weighted by atomic mass is 31.2. The highest BCUT2D eigenvalue weighted by Crippen LogP contribution is 2.44. The lowest BCUT2D eigenvalue weighted by Gasteiger charge is -2.19. The molecule has 0 unspecified atom stereocenters. The van der Waals surface area contributed by atoms with Crippen LogP contribution in [0, 0.1) is 0 Å². The fourth-order valence-electron chi connectivity index (χ4n) is 6.27. The van der Waals surface area contributed by atoms with Gasteiger partial charge >= 0.3 is 7.75 Å². The predicted molar refractivity (Wildman–Crippen MR) is 211 cm³/mol. The molecule has 0 bridgehead atoms. The molecule has 0 aromatic rings. The molecule has 4 nitrogen and oxygen atoms in total. The number of rotatable bonds is 41. The lowest BCUT2D eigenvalue weighted by molar-refractivity contribution is 0.189. The van der Waals surface area contributed by atoms with Crippen LogP contribution in [0.25, 0.3) is 0 Å². The summed E-state index contributed by atoms with van der Waals surface area (Å²) in [6.07, 6.45) is 48.8. The molecule has 0 aliphatic heterocycles. The van der Waals surface area contributed by atoms with Crippen LogP contribution < -0.4 is 5.09 Å². The van der Waals surface area contributed by atoms with E-state index in [1.165, 1.54) is 186 Å². The predicted octanol–water partition coefficient (Wildman–Crippen LogP) is 15.6. The number of hydrogen-bond donors (Lipinski definition) is 1. The highest BCUT2D eigenvalue weighted by Gasteiger charge is 2.23. The monoisotopic (exact) mass is 684 g/mol. The summed E-state index contributed by atoms with van der Waals surface area (Å²) in [5.74, 6) is 0. The Balaban J connectivity index is 4.06. The van der Waals surface area contributed by atoms with Crippen LogP contribution in [0.4, 0.5) is 0 Å². The molecule has 0 atom stereocenters. The first-order valence-corrected chi connectivity index (χ1v) is 23.0. The van der Waals surface area contributed by atoms with Crippen molar-refractivity contribution < 1.29 is 13.6 Å². The maximum Gasteiger partial charge on any atom is 0.405 e. The lowest BCUT2D eigenvalue weighted by Crippen LogP contribution is -2.17. The molecule has 0 spiro atoms. The van der Waals surface area contributed by atoms with Crippen molar-refractivity contribution >= 4 is 7.75 Å². The first kappa shape index (κ1) is 46.9. The van der Waals surface area contributed by atoms with E-state index in [0.717, 1.165) is 32.1 Å². The van der Waals surface area contributed by atoms with Crippen molar-refractivity contribution in [1.82, 2.24) is 5.09 Å². The summed E-state index contributed by atoms with van der Waals surface area (Å²) < 4.78 is 25.4. The molecule has 0 aliphatic rings.